The lowest BCUT2D eigenvalue weighted by atomic mass is 9.66. The minimum atomic E-state index is -0.734. The fraction of sp³-hybridized carbons (Fsp3) is 0.0159. The van der Waals surface area contributed by atoms with E-state index in [0.29, 0.717) is 0 Å². The number of fused-ring (bicyclic) bond motifs is 19. The van der Waals surface area contributed by atoms with Crippen molar-refractivity contribution in [1.29, 1.82) is 0 Å². The molecule has 2 aromatic heterocycles. The molecule has 4 aliphatic rings. The van der Waals surface area contributed by atoms with Crippen molar-refractivity contribution in [2.24, 2.45) is 0 Å². The molecular formula is C63H36N2O4. The summed E-state index contributed by atoms with van der Waals surface area (Å²) in [5, 5.41) is 4.17. The highest BCUT2D eigenvalue weighted by Gasteiger charge is 2.49. The van der Waals surface area contributed by atoms with Gasteiger partial charge in [0, 0.05) is 45.1 Å². The highest BCUT2D eigenvalue weighted by Crippen LogP contribution is 2.61. The third kappa shape index (κ3) is 4.94. The van der Waals surface area contributed by atoms with E-state index in [4.69, 9.17) is 18.3 Å². The Bertz CT molecular complexity index is 3980. The molecule has 1 spiro atoms. The first-order valence-electron chi connectivity index (χ1n) is 23.4. The molecule has 12 aromatic rings. The van der Waals surface area contributed by atoms with Gasteiger partial charge in [-0.2, -0.15) is 0 Å². The van der Waals surface area contributed by atoms with Crippen LogP contribution in [0.1, 0.15) is 33.4 Å². The number of anilines is 6. The quantitative estimate of drug-likeness (QED) is 0.172. The van der Waals surface area contributed by atoms with E-state index in [1.165, 1.54) is 33.4 Å². The van der Waals surface area contributed by atoms with Crippen molar-refractivity contribution in [1.82, 2.24) is 0 Å². The van der Waals surface area contributed by atoms with Crippen LogP contribution in [0, 0.1) is 0 Å². The topological polar surface area (TPSA) is 51.2 Å². The Hall–Kier alpha value is -9.26. The summed E-state index contributed by atoms with van der Waals surface area (Å²) in [5.74, 6) is 3.13. The van der Waals surface area contributed by atoms with Gasteiger partial charge in [-0.1, -0.05) is 133 Å². The summed E-state index contributed by atoms with van der Waals surface area (Å²) in [5.41, 5.74) is 18.0. The fourth-order valence-corrected chi connectivity index (χ4v) is 12.0. The number of para-hydroxylation sites is 6. The zero-order valence-electron chi connectivity index (χ0n) is 36.8. The van der Waals surface area contributed by atoms with Gasteiger partial charge in [0.05, 0.1) is 28.2 Å². The van der Waals surface area contributed by atoms with Gasteiger partial charge < -0.3 is 28.1 Å². The van der Waals surface area contributed by atoms with Crippen molar-refractivity contribution in [2.45, 2.75) is 5.41 Å². The van der Waals surface area contributed by atoms with Crippen molar-refractivity contribution in [3.8, 4) is 34.1 Å². The minimum Gasteiger partial charge on any atom is -0.456 e. The molecule has 0 N–H and O–H groups in total. The fourth-order valence-electron chi connectivity index (χ4n) is 12.0. The largest absolute Gasteiger partial charge is 0.456 e. The molecule has 0 amide bonds. The molecule has 16 rings (SSSR count). The normalized spacial score (nSPS) is 14.3. The van der Waals surface area contributed by atoms with E-state index in [1.807, 2.05) is 36.4 Å². The zero-order valence-corrected chi connectivity index (χ0v) is 36.8. The summed E-state index contributed by atoms with van der Waals surface area (Å²) in [7, 11) is 0. The summed E-state index contributed by atoms with van der Waals surface area (Å²) < 4.78 is 26.6. The molecule has 0 unspecified atom stereocenters. The van der Waals surface area contributed by atoms with E-state index in [0.717, 1.165) is 112 Å². The van der Waals surface area contributed by atoms with E-state index in [9.17, 15) is 0 Å². The van der Waals surface area contributed by atoms with Gasteiger partial charge in [-0.3, -0.25) is 0 Å². The summed E-state index contributed by atoms with van der Waals surface area (Å²) in [6.07, 6.45) is 4.60. The first kappa shape index (κ1) is 36.9. The molecule has 0 fully saturated rings. The maximum atomic E-state index is 6.77. The molecule has 4 heterocycles. The molecule has 2 aliphatic carbocycles. The lowest BCUT2D eigenvalue weighted by Crippen LogP contribution is -2.30. The number of rotatable bonds is 2. The van der Waals surface area contributed by atoms with Crippen LogP contribution < -0.4 is 19.3 Å². The molecule has 0 saturated carbocycles. The van der Waals surface area contributed by atoms with Crippen LogP contribution in [-0.2, 0) is 5.41 Å². The maximum absolute atomic E-state index is 6.77. The van der Waals surface area contributed by atoms with Crippen LogP contribution in [-0.4, -0.2) is 0 Å². The monoisotopic (exact) mass is 884 g/mol. The average Bonchev–Trinajstić information content (AvgIpc) is 4.02. The van der Waals surface area contributed by atoms with Gasteiger partial charge in [0.25, 0.3) is 0 Å². The molecule has 0 bridgehead atoms. The molecule has 322 valence electrons. The lowest BCUT2D eigenvalue weighted by molar-refractivity contribution is 0.477. The SMILES string of the molecule is C1=Cc2ccc(N3c4ccccc4Oc4cc5c(cc43)oc3ccccc35)cc2C2(c3cc(N4c5ccccc5Oc5cc6c(cc54)oc4ccccc46)ccc31)c1ccccc1-c1ccccc12. The van der Waals surface area contributed by atoms with E-state index >= 15 is 0 Å². The Kier molecular flexibility index (Phi) is 7.18. The van der Waals surface area contributed by atoms with E-state index in [1.54, 1.807) is 0 Å². The van der Waals surface area contributed by atoms with Crippen LogP contribution in [0.4, 0.5) is 34.1 Å². The second-order valence-corrected chi connectivity index (χ2v) is 18.4. The number of ether oxygens (including phenoxy) is 2. The van der Waals surface area contributed by atoms with Crippen LogP contribution in [0.2, 0.25) is 0 Å². The summed E-state index contributed by atoms with van der Waals surface area (Å²) in [4.78, 5) is 4.68. The lowest BCUT2D eigenvalue weighted by Gasteiger charge is -2.38. The number of benzene rings is 10. The molecular weight excluding hydrogens is 849 g/mol. The summed E-state index contributed by atoms with van der Waals surface area (Å²) in [6.45, 7) is 0. The van der Waals surface area contributed by atoms with Gasteiger partial charge in [0.2, 0.25) is 0 Å². The predicted molar refractivity (Wildman–Crippen MR) is 277 cm³/mol. The van der Waals surface area contributed by atoms with Crippen LogP contribution in [0.15, 0.2) is 215 Å². The van der Waals surface area contributed by atoms with Crippen molar-refractivity contribution < 1.29 is 18.3 Å². The number of hydrogen-bond acceptors (Lipinski definition) is 6. The molecule has 0 radical (unpaired) electrons. The van der Waals surface area contributed by atoms with Crippen molar-refractivity contribution in [2.75, 3.05) is 9.80 Å². The Balaban J connectivity index is 0.958. The van der Waals surface area contributed by atoms with Gasteiger partial charge >= 0.3 is 0 Å². The van der Waals surface area contributed by atoms with E-state index in [-0.39, 0.29) is 0 Å². The third-order valence-corrected chi connectivity index (χ3v) is 14.8. The Morgan fingerprint density at radius 3 is 1.25 bits per heavy atom. The summed E-state index contributed by atoms with van der Waals surface area (Å²) in [6, 6.07) is 73.5. The average molecular weight is 885 g/mol. The molecule has 6 heteroatoms. The van der Waals surface area contributed by atoms with Crippen LogP contribution >= 0.6 is 0 Å². The molecule has 6 nitrogen and oxygen atoms in total. The standard InChI is InChI=1S/C63H36N2O4/c1-5-17-47-41(13-1)42-14-2-6-18-48(42)63(47)49-31-39(64-51-19-7-11-23-57(51)68-61-33-45-43-15-3-9-21-55(43)66-59(45)35-53(61)64)29-27-37(49)25-26-38-28-30-40(32-50(38)63)65-52-20-8-12-24-58(52)69-62-34-46-44-16-4-10-22-56(44)67-60(46)36-54(62)65/h1-36H. The van der Waals surface area contributed by atoms with Crippen molar-refractivity contribution in [3.05, 3.63) is 240 Å². The molecule has 0 saturated heterocycles. The van der Waals surface area contributed by atoms with Crippen LogP contribution in [0.5, 0.6) is 23.0 Å². The van der Waals surface area contributed by atoms with Gasteiger partial charge in [0.1, 0.15) is 22.3 Å². The number of furan rings is 2. The second-order valence-electron chi connectivity index (χ2n) is 18.4. The highest BCUT2D eigenvalue weighted by atomic mass is 16.5. The first-order chi connectivity index (χ1) is 34.2. The smallest absolute Gasteiger partial charge is 0.152 e. The van der Waals surface area contributed by atoms with Gasteiger partial charge in [-0.25, -0.2) is 0 Å². The Labute approximate surface area is 395 Å². The molecule has 0 atom stereocenters. The van der Waals surface area contributed by atoms with Crippen LogP contribution in [0.25, 0.3) is 67.2 Å². The predicted octanol–water partition coefficient (Wildman–Crippen LogP) is 17.5. The second kappa shape index (κ2) is 13.4. The highest BCUT2D eigenvalue weighted by molar-refractivity contribution is 6.09. The molecule has 69 heavy (non-hydrogen) atoms. The molecule has 2 aliphatic heterocycles. The van der Waals surface area contributed by atoms with Gasteiger partial charge in [-0.05, 0) is 117 Å². The Morgan fingerprint density at radius 1 is 0.304 bits per heavy atom. The van der Waals surface area contributed by atoms with Crippen molar-refractivity contribution >= 4 is 90.2 Å². The van der Waals surface area contributed by atoms with Gasteiger partial charge in [0.15, 0.2) is 23.0 Å². The Morgan fingerprint density at radius 2 is 0.739 bits per heavy atom. The van der Waals surface area contributed by atoms with Gasteiger partial charge in [-0.15, -0.1) is 0 Å². The number of nitrogens with zero attached hydrogens (tertiary/aromatic N) is 2. The van der Waals surface area contributed by atoms with Crippen LogP contribution in [0.3, 0.4) is 0 Å². The molecule has 10 aromatic carbocycles. The van der Waals surface area contributed by atoms with E-state index < -0.39 is 5.41 Å². The maximum Gasteiger partial charge on any atom is 0.152 e. The first-order valence-corrected chi connectivity index (χ1v) is 23.4. The number of hydrogen-bond donors (Lipinski definition) is 0. The van der Waals surface area contributed by atoms with Crippen molar-refractivity contribution in [3.63, 3.8) is 0 Å². The third-order valence-electron chi connectivity index (χ3n) is 14.8. The minimum absolute atomic E-state index is 0.734. The zero-order chi connectivity index (χ0) is 45.0. The van der Waals surface area contributed by atoms with E-state index in [2.05, 4.69) is 192 Å². The summed E-state index contributed by atoms with van der Waals surface area (Å²) >= 11 is 0.